The van der Waals surface area contributed by atoms with E-state index < -0.39 is 0 Å². The van der Waals surface area contributed by atoms with Crippen molar-refractivity contribution in [2.24, 2.45) is 0 Å². The number of rotatable bonds is 6. The Hall–Kier alpha value is -2.51. The summed E-state index contributed by atoms with van der Waals surface area (Å²) in [6.45, 7) is 2.43. The summed E-state index contributed by atoms with van der Waals surface area (Å²) in [7, 11) is 2.11. The number of benzene rings is 1. The highest BCUT2D eigenvalue weighted by atomic mass is 32.1. The summed E-state index contributed by atoms with van der Waals surface area (Å²) in [5, 5.41) is 2.61. The molecule has 0 unspecified atom stereocenters. The van der Waals surface area contributed by atoms with E-state index in [4.69, 9.17) is 4.42 Å². The minimum absolute atomic E-state index is 0.0482. The maximum absolute atomic E-state index is 13.5. The van der Waals surface area contributed by atoms with Gasteiger partial charge in [-0.3, -0.25) is 4.79 Å². The second-order valence-corrected chi connectivity index (χ2v) is 8.32. The van der Waals surface area contributed by atoms with Crippen LogP contribution in [0.4, 0.5) is 4.39 Å². The van der Waals surface area contributed by atoms with Crippen LogP contribution in [0, 0.1) is 5.82 Å². The summed E-state index contributed by atoms with van der Waals surface area (Å²) in [6.07, 6.45) is 3.78. The number of carbonyl (C=O) groups is 1. The van der Waals surface area contributed by atoms with E-state index in [1.807, 2.05) is 28.5 Å². The van der Waals surface area contributed by atoms with Gasteiger partial charge in [0.05, 0.1) is 24.9 Å². The minimum Gasteiger partial charge on any atom is -0.467 e. The molecule has 0 spiro atoms. The van der Waals surface area contributed by atoms with E-state index in [2.05, 4.69) is 16.9 Å². The molecule has 1 amide bonds. The molecule has 3 heterocycles. The summed E-state index contributed by atoms with van der Waals surface area (Å²) in [5.74, 6) is 0.547. The van der Waals surface area contributed by atoms with Crippen molar-refractivity contribution in [1.82, 2.24) is 14.8 Å². The first-order valence-electron chi connectivity index (χ1n) is 9.79. The van der Waals surface area contributed by atoms with Crippen molar-refractivity contribution in [2.45, 2.75) is 31.8 Å². The molecule has 2 aromatic heterocycles. The Balaban J connectivity index is 1.49. The van der Waals surface area contributed by atoms with Gasteiger partial charge in [0.2, 0.25) is 5.91 Å². The Morgan fingerprint density at radius 1 is 1.31 bits per heavy atom. The van der Waals surface area contributed by atoms with Gasteiger partial charge in [-0.2, -0.15) is 0 Å². The normalized spacial score (nSPS) is 15.5. The molecule has 0 saturated carbocycles. The van der Waals surface area contributed by atoms with Gasteiger partial charge in [-0.15, -0.1) is 11.3 Å². The molecule has 1 aliphatic heterocycles. The summed E-state index contributed by atoms with van der Waals surface area (Å²) in [5.41, 5.74) is 1.45. The maximum atomic E-state index is 13.5. The molecule has 0 atom stereocenters. The van der Waals surface area contributed by atoms with Crippen molar-refractivity contribution in [3.63, 3.8) is 0 Å². The average Bonchev–Trinajstić information content (AvgIpc) is 3.39. The van der Waals surface area contributed by atoms with Crippen LogP contribution in [0.25, 0.3) is 10.6 Å². The van der Waals surface area contributed by atoms with Gasteiger partial charge in [0.25, 0.3) is 0 Å². The lowest BCUT2D eigenvalue weighted by Crippen LogP contribution is -2.46. The molecule has 0 aliphatic carbocycles. The topological polar surface area (TPSA) is 49.6 Å². The van der Waals surface area contributed by atoms with Crippen molar-refractivity contribution in [3.05, 3.63) is 65.3 Å². The zero-order valence-corrected chi connectivity index (χ0v) is 17.2. The average molecular weight is 414 g/mol. The molecule has 29 heavy (non-hydrogen) atoms. The van der Waals surface area contributed by atoms with Gasteiger partial charge in [0.1, 0.15) is 16.6 Å². The van der Waals surface area contributed by atoms with Crippen LogP contribution in [0.1, 0.15) is 24.3 Å². The fourth-order valence-corrected chi connectivity index (χ4v) is 4.51. The number of piperidine rings is 1. The van der Waals surface area contributed by atoms with Crippen molar-refractivity contribution in [2.75, 3.05) is 20.1 Å². The summed E-state index contributed by atoms with van der Waals surface area (Å²) < 4.78 is 19.0. The molecule has 7 heteroatoms. The van der Waals surface area contributed by atoms with Crippen LogP contribution in [0.3, 0.4) is 0 Å². The number of hydrogen-bond donors (Lipinski definition) is 0. The lowest BCUT2D eigenvalue weighted by atomic mass is 10.0. The van der Waals surface area contributed by atoms with E-state index >= 15 is 0 Å². The first-order chi connectivity index (χ1) is 14.1. The van der Waals surface area contributed by atoms with Gasteiger partial charge in [-0.05, 0) is 57.2 Å². The van der Waals surface area contributed by atoms with Crippen LogP contribution in [-0.4, -0.2) is 46.9 Å². The molecule has 4 rings (SSSR count). The number of nitrogens with zero attached hydrogens (tertiary/aromatic N) is 3. The summed E-state index contributed by atoms with van der Waals surface area (Å²) in [4.78, 5) is 22.0. The van der Waals surface area contributed by atoms with Crippen LogP contribution in [0.5, 0.6) is 0 Å². The Kier molecular flexibility index (Phi) is 6.06. The molecule has 1 aromatic carbocycles. The third-order valence-corrected chi connectivity index (χ3v) is 6.25. The zero-order chi connectivity index (χ0) is 20.2. The van der Waals surface area contributed by atoms with Crippen LogP contribution in [-0.2, 0) is 17.8 Å². The standard InChI is InChI=1S/C22H24FN3O2S/c1-25-9-7-19(8-10-25)26(14-20-6-3-11-28-20)21(27)13-18-15-29-22(24-18)16-4-2-5-17(23)12-16/h2-6,11-12,15,19H,7-10,13-14H2,1H3. The van der Waals surface area contributed by atoms with Gasteiger partial charge >= 0.3 is 0 Å². The zero-order valence-electron chi connectivity index (χ0n) is 16.4. The smallest absolute Gasteiger partial charge is 0.229 e. The Morgan fingerprint density at radius 2 is 2.14 bits per heavy atom. The van der Waals surface area contributed by atoms with Crippen molar-refractivity contribution >= 4 is 17.2 Å². The number of hydrogen-bond acceptors (Lipinski definition) is 5. The van der Waals surface area contributed by atoms with Crippen molar-refractivity contribution < 1.29 is 13.6 Å². The number of furan rings is 1. The van der Waals surface area contributed by atoms with E-state index in [0.717, 1.165) is 48.0 Å². The van der Waals surface area contributed by atoms with E-state index in [-0.39, 0.29) is 24.2 Å². The van der Waals surface area contributed by atoms with E-state index in [9.17, 15) is 9.18 Å². The van der Waals surface area contributed by atoms with Gasteiger partial charge < -0.3 is 14.2 Å². The SMILES string of the molecule is CN1CCC(N(Cc2ccco2)C(=O)Cc2csc(-c3cccc(F)c3)n2)CC1. The first kappa shape index (κ1) is 19.8. The van der Waals surface area contributed by atoms with E-state index in [0.29, 0.717) is 6.54 Å². The predicted octanol–water partition coefficient (Wildman–Crippen LogP) is 4.21. The largest absolute Gasteiger partial charge is 0.467 e. The Morgan fingerprint density at radius 3 is 2.86 bits per heavy atom. The molecular formula is C22H24FN3O2S. The fraction of sp³-hybridized carbons (Fsp3) is 0.364. The highest BCUT2D eigenvalue weighted by molar-refractivity contribution is 7.13. The lowest BCUT2D eigenvalue weighted by molar-refractivity contribution is -0.134. The van der Waals surface area contributed by atoms with Crippen molar-refractivity contribution in [1.29, 1.82) is 0 Å². The first-order valence-corrected chi connectivity index (χ1v) is 10.7. The molecule has 3 aromatic rings. The maximum Gasteiger partial charge on any atom is 0.229 e. The highest BCUT2D eigenvalue weighted by Gasteiger charge is 2.28. The number of halogens is 1. The fourth-order valence-electron chi connectivity index (χ4n) is 3.70. The molecule has 1 fully saturated rings. The molecule has 0 radical (unpaired) electrons. The van der Waals surface area contributed by atoms with Crippen LogP contribution >= 0.6 is 11.3 Å². The van der Waals surface area contributed by atoms with E-state index in [1.54, 1.807) is 12.3 Å². The monoisotopic (exact) mass is 413 g/mol. The minimum atomic E-state index is -0.290. The highest BCUT2D eigenvalue weighted by Crippen LogP contribution is 2.25. The molecule has 0 bridgehead atoms. The van der Waals surface area contributed by atoms with Gasteiger partial charge in [-0.1, -0.05) is 12.1 Å². The Labute approximate surface area is 173 Å². The van der Waals surface area contributed by atoms with Crippen LogP contribution < -0.4 is 0 Å². The molecule has 152 valence electrons. The predicted molar refractivity (Wildman–Crippen MR) is 111 cm³/mol. The molecule has 5 nitrogen and oxygen atoms in total. The lowest BCUT2D eigenvalue weighted by Gasteiger charge is -2.37. The molecule has 1 saturated heterocycles. The molecule has 0 N–H and O–H groups in total. The van der Waals surface area contributed by atoms with Gasteiger partial charge in [0.15, 0.2) is 0 Å². The number of thiazole rings is 1. The third-order valence-electron chi connectivity index (χ3n) is 5.31. The second kappa shape index (κ2) is 8.88. The second-order valence-electron chi connectivity index (χ2n) is 7.47. The number of likely N-dealkylation sites (tertiary alicyclic amines) is 1. The number of carbonyl (C=O) groups excluding carboxylic acids is 1. The van der Waals surface area contributed by atoms with E-state index in [1.165, 1.54) is 23.5 Å². The summed E-state index contributed by atoms with van der Waals surface area (Å²) in [6, 6.07) is 10.3. The number of amides is 1. The van der Waals surface area contributed by atoms with Crippen LogP contribution in [0.15, 0.2) is 52.5 Å². The number of aromatic nitrogens is 1. The Bertz CT molecular complexity index is 949. The van der Waals surface area contributed by atoms with Gasteiger partial charge in [-0.25, -0.2) is 9.37 Å². The van der Waals surface area contributed by atoms with Crippen molar-refractivity contribution in [3.8, 4) is 10.6 Å². The quantitative estimate of drug-likeness (QED) is 0.608. The summed E-state index contributed by atoms with van der Waals surface area (Å²) >= 11 is 1.43. The molecular weight excluding hydrogens is 389 g/mol. The third kappa shape index (κ3) is 4.92. The van der Waals surface area contributed by atoms with Crippen LogP contribution in [0.2, 0.25) is 0 Å². The van der Waals surface area contributed by atoms with Gasteiger partial charge in [0, 0.05) is 17.0 Å². The molecule has 1 aliphatic rings.